The Morgan fingerprint density at radius 3 is 2.29 bits per heavy atom. The fourth-order valence-electron chi connectivity index (χ4n) is 2.62. The zero-order valence-electron chi connectivity index (χ0n) is 14.5. The molecular weight excluding hydrogens is 370 g/mol. The molecule has 0 spiro atoms. The van der Waals surface area contributed by atoms with Gasteiger partial charge in [0.25, 0.3) is 17.3 Å². The maximum Gasteiger partial charge on any atom is 0.349 e. The number of fused-ring (bicyclic) bond motifs is 1. The van der Waals surface area contributed by atoms with Crippen molar-refractivity contribution in [3.8, 4) is 0 Å². The van der Waals surface area contributed by atoms with Gasteiger partial charge >= 0.3 is 5.63 Å². The van der Waals surface area contributed by atoms with Crippen LogP contribution in [-0.4, -0.2) is 15.8 Å². The maximum absolute atomic E-state index is 12.3. The summed E-state index contributed by atoms with van der Waals surface area (Å²) in [6.45, 7) is 1.59. The summed E-state index contributed by atoms with van der Waals surface area (Å²) in [5.41, 5.74) is -0.638. The van der Waals surface area contributed by atoms with Crippen molar-refractivity contribution in [2.45, 2.75) is 13.5 Å². The predicted molar refractivity (Wildman–Crippen MR) is 98.1 cm³/mol. The smallest absolute Gasteiger partial charge is 0.349 e. The van der Waals surface area contributed by atoms with Crippen molar-refractivity contribution in [3.05, 3.63) is 89.8 Å². The van der Waals surface area contributed by atoms with Gasteiger partial charge in [-0.25, -0.2) is 4.79 Å². The van der Waals surface area contributed by atoms with Crippen LogP contribution in [0.2, 0.25) is 0 Å². The molecule has 0 atom stereocenters. The molecule has 3 rings (SSSR count). The predicted octanol–water partition coefficient (Wildman–Crippen LogP) is 2.85. The summed E-state index contributed by atoms with van der Waals surface area (Å²) < 4.78 is 5.15. The van der Waals surface area contributed by atoms with Crippen LogP contribution in [0.15, 0.2) is 51.7 Å². The Bertz CT molecular complexity index is 1150. The fourth-order valence-corrected chi connectivity index (χ4v) is 2.62. The van der Waals surface area contributed by atoms with Crippen LogP contribution in [-0.2, 0) is 6.54 Å². The van der Waals surface area contributed by atoms with E-state index in [0.29, 0.717) is 11.0 Å². The van der Waals surface area contributed by atoms with E-state index in [1.807, 2.05) is 6.92 Å². The number of nitro groups is 2. The van der Waals surface area contributed by atoms with E-state index in [1.165, 1.54) is 6.07 Å². The van der Waals surface area contributed by atoms with E-state index in [9.17, 15) is 29.8 Å². The number of benzene rings is 2. The first-order chi connectivity index (χ1) is 13.2. The van der Waals surface area contributed by atoms with Gasteiger partial charge in [0.15, 0.2) is 0 Å². The Morgan fingerprint density at radius 2 is 1.68 bits per heavy atom. The fraction of sp³-hybridized carbons (Fsp3) is 0.111. The number of carbonyl (C=O) groups excluding carboxylic acids is 1. The Hall–Kier alpha value is -4.08. The lowest BCUT2D eigenvalue weighted by atomic mass is 10.1. The van der Waals surface area contributed by atoms with Crippen LogP contribution in [0.4, 0.5) is 11.4 Å². The van der Waals surface area contributed by atoms with E-state index >= 15 is 0 Å². The van der Waals surface area contributed by atoms with Gasteiger partial charge in [-0.05, 0) is 30.2 Å². The highest BCUT2D eigenvalue weighted by Crippen LogP contribution is 2.22. The molecule has 2 aromatic carbocycles. The third-order valence-corrected chi connectivity index (χ3v) is 3.97. The van der Waals surface area contributed by atoms with E-state index in [4.69, 9.17) is 4.42 Å². The van der Waals surface area contributed by atoms with Gasteiger partial charge in [-0.1, -0.05) is 12.1 Å². The van der Waals surface area contributed by atoms with Crippen LogP contribution >= 0.6 is 0 Å². The number of hydrogen-bond acceptors (Lipinski definition) is 7. The first-order valence-corrected chi connectivity index (χ1v) is 8.00. The highest BCUT2D eigenvalue weighted by Gasteiger charge is 2.18. The molecule has 0 unspecified atom stereocenters. The minimum Gasteiger partial charge on any atom is -0.422 e. The first kappa shape index (κ1) is 18.7. The summed E-state index contributed by atoms with van der Waals surface area (Å²) >= 11 is 0. The zero-order valence-corrected chi connectivity index (χ0v) is 14.5. The molecule has 1 N–H and O–H groups in total. The van der Waals surface area contributed by atoms with Gasteiger partial charge in [0.05, 0.1) is 15.9 Å². The normalized spacial score (nSPS) is 10.6. The van der Waals surface area contributed by atoms with Gasteiger partial charge in [-0.15, -0.1) is 0 Å². The molecular formula is C18H13N3O7. The first-order valence-electron chi connectivity index (χ1n) is 8.00. The summed E-state index contributed by atoms with van der Waals surface area (Å²) in [6, 6.07) is 9.59. The number of amides is 1. The van der Waals surface area contributed by atoms with Crippen LogP contribution in [0, 0.1) is 27.2 Å². The molecule has 10 heteroatoms. The molecule has 3 aromatic rings. The maximum atomic E-state index is 12.3. The zero-order chi connectivity index (χ0) is 20.4. The lowest BCUT2D eigenvalue weighted by molar-refractivity contribution is -0.394. The average Bonchev–Trinajstić information content (AvgIpc) is 2.65. The molecule has 0 aliphatic carbocycles. The molecule has 0 radical (unpaired) electrons. The molecule has 0 bridgehead atoms. The largest absolute Gasteiger partial charge is 0.422 e. The second-order valence-electron chi connectivity index (χ2n) is 6.04. The van der Waals surface area contributed by atoms with Crippen molar-refractivity contribution in [1.82, 2.24) is 5.32 Å². The van der Waals surface area contributed by atoms with Gasteiger partial charge in [-0.2, -0.15) is 0 Å². The van der Waals surface area contributed by atoms with Gasteiger partial charge in [0.2, 0.25) is 0 Å². The summed E-state index contributed by atoms with van der Waals surface area (Å²) in [5.74, 6) is -0.759. The molecule has 0 fully saturated rings. The summed E-state index contributed by atoms with van der Waals surface area (Å²) in [6.07, 6.45) is 0. The Morgan fingerprint density at radius 1 is 1.04 bits per heavy atom. The van der Waals surface area contributed by atoms with Crippen molar-refractivity contribution in [2.24, 2.45) is 0 Å². The highest BCUT2D eigenvalue weighted by molar-refractivity contribution is 5.96. The third kappa shape index (κ3) is 3.85. The number of nitrogens with zero attached hydrogens (tertiary/aromatic N) is 2. The van der Waals surface area contributed by atoms with Gasteiger partial charge < -0.3 is 9.73 Å². The quantitative estimate of drug-likeness (QED) is 0.405. The molecule has 1 aromatic heterocycles. The Balaban J connectivity index is 1.86. The molecule has 1 heterocycles. The van der Waals surface area contributed by atoms with Gasteiger partial charge in [0.1, 0.15) is 11.1 Å². The van der Waals surface area contributed by atoms with E-state index < -0.39 is 32.8 Å². The lowest BCUT2D eigenvalue weighted by Gasteiger charge is -2.06. The Kier molecular flexibility index (Phi) is 4.86. The molecule has 1 amide bonds. The number of nitrogens with one attached hydrogen (secondary N) is 1. The second-order valence-corrected chi connectivity index (χ2v) is 6.04. The number of carbonyl (C=O) groups is 1. The van der Waals surface area contributed by atoms with Gasteiger partial charge in [-0.3, -0.25) is 25.0 Å². The summed E-state index contributed by atoms with van der Waals surface area (Å²) in [5, 5.41) is 24.8. The second kappa shape index (κ2) is 7.27. The SMILES string of the molecule is Cc1ccc2cc(C(=O)NCc3cc([N+](=O)[O-])cc([N+](=O)[O-])c3)c(=O)oc2c1. The topological polar surface area (TPSA) is 146 Å². The molecule has 0 saturated carbocycles. The average molecular weight is 383 g/mol. The van der Waals surface area contributed by atoms with E-state index in [2.05, 4.69) is 5.32 Å². The molecule has 0 aliphatic rings. The lowest BCUT2D eigenvalue weighted by Crippen LogP contribution is -2.27. The minimum atomic E-state index is -0.833. The highest BCUT2D eigenvalue weighted by atomic mass is 16.6. The van der Waals surface area contributed by atoms with E-state index in [1.54, 1.807) is 18.2 Å². The van der Waals surface area contributed by atoms with Crippen LogP contribution < -0.4 is 10.9 Å². The van der Waals surface area contributed by atoms with Crippen LogP contribution in [0.1, 0.15) is 21.5 Å². The molecule has 142 valence electrons. The molecule has 28 heavy (non-hydrogen) atoms. The van der Waals surface area contributed by atoms with Crippen molar-refractivity contribution in [1.29, 1.82) is 0 Å². The van der Waals surface area contributed by atoms with Crippen LogP contribution in [0.3, 0.4) is 0 Å². The van der Waals surface area contributed by atoms with Crippen molar-refractivity contribution >= 4 is 28.3 Å². The van der Waals surface area contributed by atoms with Crippen molar-refractivity contribution in [2.75, 3.05) is 0 Å². The molecule has 0 saturated heterocycles. The number of aryl methyl sites for hydroxylation is 1. The summed E-state index contributed by atoms with van der Waals surface area (Å²) in [7, 11) is 0. The van der Waals surface area contributed by atoms with E-state index in [0.717, 1.165) is 23.8 Å². The third-order valence-electron chi connectivity index (χ3n) is 3.97. The van der Waals surface area contributed by atoms with Crippen LogP contribution in [0.25, 0.3) is 11.0 Å². The number of rotatable bonds is 5. The number of hydrogen-bond donors (Lipinski definition) is 1. The van der Waals surface area contributed by atoms with Crippen LogP contribution in [0.5, 0.6) is 0 Å². The Labute approximate surface area is 156 Å². The summed E-state index contributed by atoms with van der Waals surface area (Å²) in [4.78, 5) is 44.7. The van der Waals surface area contributed by atoms with E-state index in [-0.39, 0.29) is 17.7 Å². The van der Waals surface area contributed by atoms with Crippen molar-refractivity contribution in [3.63, 3.8) is 0 Å². The van der Waals surface area contributed by atoms with Crippen molar-refractivity contribution < 1.29 is 19.1 Å². The standard InChI is InChI=1S/C18H13N3O7/c1-10-2-3-12-7-15(18(23)28-16(12)4-10)17(22)19-9-11-5-13(20(24)25)8-14(6-11)21(26)27/h2-8H,9H2,1H3,(H,19,22). The minimum absolute atomic E-state index is 0.148. The molecule has 0 aliphatic heterocycles. The van der Waals surface area contributed by atoms with Gasteiger partial charge in [0, 0.05) is 24.1 Å². The number of nitro benzene ring substituents is 2. The monoisotopic (exact) mass is 383 g/mol. The molecule has 10 nitrogen and oxygen atoms in total. The number of non-ortho nitro benzene ring substituents is 2.